The predicted octanol–water partition coefficient (Wildman–Crippen LogP) is 0.0984. The average molecular weight is 286 g/mol. The molecule has 2 rings (SSSR count). The topological polar surface area (TPSA) is 104 Å². The van der Waals surface area contributed by atoms with Crippen molar-refractivity contribution < 1.29 is 19.8 Å². The number of β-amino-alcohol motifs (C(OH)–C–C–N with tert-alkyl or cyclic N) is 1. The maximum Gasteiger partial charge on any atom is 0.326 e. The van der Waals surface area contributed by atoms with Gasteiger partial charge in [0.1, 0.15) is 11.7 Å². The molecule has 1 aliphatic rings. The lowest BCUT2D eigenvalue weighted by Gasteiger charge is -2.20. The van der Waals surface area contributed by atoms with E-state index in [9.17, 15) is 14.7 Å². The molecular weight excluding hydrogens is 274 g/mol. The number of amides is 1. The van der Waals surface area contributed by atoms with Crippen LogP contribution >= 0.6 is 11.6 Å². The molecule has 1 aliphatic heterocycles. The highest BCUT2D eigenvalue weighted by atomic mass is 35.5. The van der Waals surface area contributed by atoms with Crippen LogP contribution in [0, 0.1) is 6.92 Å². The predicted molar refractivity (Wildman–Crippen MR) is 64.9 cm³/mol. The number of nitrogens with zero attached hydrogens (tertiary/aromatic N) is 3. The van der Waals surface area contributed by atoms with E-state index in [4.69, 9.17) is 16.7 Å². The molecule has 0 bridgehead atoms. The second kappa shape index (κ2) is 5.10. The van der Waals surface area contributed by atoms with Gasteiger partial charge in [-0.3, -0.25) is 4.79 Å². The van der Waals surface area contributed by atoms with Gasteiger partial charge in [-0.25, -0.2) is 14.8 Å². The molecular formula is C11H12ClN3O4. The van der Waals surface area contributed by atoms with Crippen molar-refractivity contribution >= 4 is 23.5 Å². The molecule has 1 aromatic rings. The van der Waals surface area contributed by atoms with E-state index in [-0.39, 0.29) is 23.9 Å². The molecule has 2 N–H and O–H groups in total. The van der Waals surface area contributed by atoms with Crippen LogP contribution < -0.4 is 0 Å². The molecule has 0 spiro atoms. The summed E-state index contributed by atoms with van der Waals surface area (Å²) in [7, 11) is 0. The fraction of sp³-hybridized carbons (Fsp3) is 0.455. The Kier molecular flexibility index (Phi) is 3.68. The number of likely N-dealkylation sites (tertiary alicyclic amines) is 1. The molecule has 0 saturated carbocycles. The summed E-state index contributed by atoms with van der Waals surface area (Å²) < 4.78 is 0. The van der Waals surface area contributed by atoms with Crippen molar-refractivity contribution in [3.05, 3.63) is 22.7 Å². The molecule has 2 heterocycles. The zero-order valence-electron chi connectivity index (χ0n) is 10.1. The third-order valence-corrected chi connectivity index (χ3v) is 3.04. The van der Waals surface area contributed by atoms with Crippen LogP contribution in [0.15, 0.2) is 6.07 Å². The number of aromatic nitrogens is 2. The Morgan fingerprint density at radius 3 is 2.74 bits per heavy atom. The first-order valence-corrected chi connectivity index (χ1v) is 5.99. The smallest absolute Gasteiger partial charge is 0.326 e. The third kappa shape index (κ3) is 2.82. The average Bonchev–Trinajstić information content (AvgIpc) is 2.69. The van der Waals surface area contributed by atoms with E-state index in [0.717, 1.165) is 4.90 Å². The van der Waals surface area contributed by atoms with Crippen molar-refractivity contribution in [1.82, 2.24) is 14.9 Å². The zero-order chi connectivity index (χ0) is 14.2. The number of hydrogen-bond acceptors (Lipinski definition) is 5. The lowest BCUT2D eigenvalue weighted by Crippen LogP contribution is -2.41. The van der Waals surface area contributed by atoms with Crippen LogP contribution in [0.4, 0.5) is 0 Å². The van der Waals surface area contributed by atoms with Gasteiger partial charge in [-0.1, -0.05) is 0 Å². The molecule has 1 fully saturated rings. The highest BCUT2D eigenvalue weighted by molar-refractivity contribution is 6.28. The van der Waals surface area contributed by atoms with Crippen LogP contribution in [-0.4, -0.2) is 55.6 Å². The minimum Gasteiger partial charge on any atom is -0.480 e. The number of rotatable bonds is 2. The molecule has 19 heavy (non-hydrogen) atoms. The molecule has 8 heteroatoms. The number of aliphatic carboxylic acids is 1. The Labute approximate surface area is 113 Å². The van der Waals surface area contributed by atoms with Crippen LogP contribution in [-0.2, 0) is 4.79 Å². The summed E-state index contributed by atoms with van der Waals surface area (Å²) in [6.45, 7) is 1.62. The normalized spacial score (nSPS) is 22.6. The van der Waals surface area contributed by atoms with Gasteiger partial charge in [-0.15, -0.1) is 0 Å². The summed E-state index contributed by atoms with van der Waals surface area (Å²) in [6.07, 6.45) is -0.831. The van der Waals surface area contributed by atoms with E-state index >= 15 is 0 Å². The summed E-state index contributed by atoms with van der Waals surface area (Å²) in [6, 6.07) is 0.384. The van der Waals surface area contributed by atoms with Crippen LogP contribution in [0.5, 0.6) is 0 Å². The van der Waals surface area contributed by atoms with Crippen LogP contribution in [0.2, 0.25) is 5.28 Å². The van der Waals surface area contributed by atoms with Gasteiger partial charge >= 0.3 is 5.97 Å². The molecule has 102 valence electrons. The number of carboxylic acid groups (broad SMARTS) is 1. The van der Waals surface area contributed by atoms with Gasteiger partial charge in [0.15, 0.2) is 0 Å². The third-order valence-electron chi connectivity index (χ3n) is 2.87. The van der Waals surface area contributed by atoms with Crippen LogP contribution in [0.25, 0.3) is 0 Å². The van der Waals surface area contributed by atoms with E-state index < -0.39 is 24.0 Å². The fourth-order valence-electron chi connectivity index (χ4n) is 2.06. The lowest BCUT2D eigenvalue weighted by atomic mass is 10.2. The number of carbonyl (C=O) groups is 2. The molecule has 7 nitrogen and oxygen atoms in total. The second-order valence-electron chi connectivity index (χ2n) is 4.36. The first-order chi connectivity index (χ1) is 8.88. The van der Waals surface area contributed by atoms with E-state index in [1.807, 2.05) is 0 Å². The van der Waals surface area contributed by atoms with E-state index in [2.05, 4.69) is 9.97 Å². The summed E-state index contributed by atoms with van der Waals surface area (Å²) in [4.78, 5) is 32.0. The van der Waals surface area contributed by atoms with E-state index in [1.54, 1.807) is 6.92 Å². The maximum absolute atomic E-state index is 12.2. The van der Waals surface area contributed by atoms with Crippen molar-refractivity contribution in [3.63, 3.8) is 0 Å². The SMILES string of the molecule is Cc1cc(C(=O)N2C[C@H](O)C[C@H]2C(=O)O)nc(Cl)n1. The summed E-state index contributed by atoms with van der Waals surface area (Å²) in [5.41, 5.74) is 0.535. The largest absolute Gasteiger partial charge is 0.480 e. The monoisotopic (exact) mass is 285 g/mol. The molecule has 0 radical (unpaired) electrons. The minimum atomic E-state index is -1.15. The molecule has 0 aliphatic carbocycles. The van der Waals surface area contributed by atoms with Crippen LogP contribution in [0.3, 0.4) is 0 Å². The van der Waals surface area contributed by atoms with Gasteiger partial charge in [0, 0.05) is 18.7 Å². The minimum absolute atomic E-state index is 0.0128. The molecule has 0 aromatic carbocycles. The van der Waals surface area contributed by atoms with Gasteiger partial charge in [0.25, 0.3) is 5.91 Å². The Morgan fingerprint density at radius 1 is 1.47 bits per heavy atom. The quantitative estimate of drug-likeness (QED) is 0.747. The summed E-state index contributed by atoms with van der Waals surface area (Å²) in [5.74, 6) is -1.72. The van der Waals surface area contributed by atoms with Crippen molar-refractivity contribution in [2.75, 3.05) is 6.54 Å². The number of carbonyl (C=O) groups excluding carboxylic acids is 1. The Balaban J connectivity index is 2.30. The Bertz CT molecular complexity index is 516. The highest BCUT2D eigenvalue weighted by Gasteiger charge is 2.39. The van der Waals surface area contributed by atoms with Crippen molar-refractivity contribution in [3.8, 4) is 0 Å². The Morgan fingerprint density at radius 2 is 2.16 bits per heavy atom. The van der Waals surface area contributed by atoms with Gasteiger partial charge in [-0.2, -0.15) is 0 Å². The number of halogens is 1. The number of carboxylic acids is 1. The summed E-state index contributed by atoms with van der Waals surface area (Å²) in [5, 5.41) is 18.5. The van der Waals surface area contributed by atoms with Crippen molar-refractivity contribution in [1.29, 1.82) is 0 Å². The highest BCUT2D eigenvalue weighted by Crippen LogP contribution is 2.21. The van der Waals surface area contributed by atoms with Gasteiger partial charge < -0.3 is 15.1 Å². The molecule has 1 amide bonds. The molecule has 0 unspecified atom stereocenters. The lowest BCUT2D eigenvalue weighted by molar-refractivity contribution is -0.141. The van der Waals surface area contributed by atoms with E-state index in [1.165, 1.54) is 6.07 Å². The van der Waals surface area contributed by atoms with E-state index in [0.29, 0.717) is 5.69 Å². The first-order valence-electron chi connectivity index (χ1n) is 5.61. The molecule has 2 atom stereocenters. The van der Waals surface area contributed by atoms with Crippen molar-refractivity contribution in [2.24, 2.45) is 0 Å². The first kappa shape index (κ1) is 13.7. The number of aryl methyl sites for hydroxylation is 1. The van der Waals surface area contributed by atoms with Gasteiger partial charge in [0.2, 0.25) is 5.28 Å². The Hall–Kier alpha value is -1.73. The zero-order valence-corrected chi connectivity index (χ0v) is 10.8. The fourth-order valence-corrected chi connectivity index (χ4v) is 2.29. The van der Waals surface area contributed by atoms with Gasteiger partial charge in [-0.05, 0) is 24.6 Å². The number of hydrogen-bond donors (Lipinski definition) is 2. The maximum atomic E-state index is 12.2. The van der Waals surface area contributed by atoms with Crippen molar-refractivity contribution in [2.45, 2.75) is 25.5 Å². The standard InChI is InChI=1S/C11H12ClN3O4/c1-5-2-7(14-11(12)13-5)9(17)15-4-6(16)3-8(15)10(18)19/h2,6,8,16H,3-4H2,1H3,(H,18,19)/t6-,8+/m1/s1. The number of aliphatic hydroxyl groups is 1. The second-order valence-corrected chi connectivity index (χ2v) is 4.70. The number of aliphatic hydroxyl groups excluding tert-OH is 1. The van der Waals surface area contributed by atoms with Crippen LogP contribution in [0.1, 0.15) is 22.6 Å². The van der Waals surface area contributed by atoms with Gasteiger partial charge in [0.05, 0.1) is 6.10 Å². The summed E-state index contributed by atoms with van der Waals surface area (Å²) >= 11 is 5.67. The molecule has 1 aromatic heterocycles. The molecule has 1 saturated heterocycles.